The average molecular weight is 216 g/mol. The Balaban J connectivity index is 2.24. The molecule has 0 amide bonds. The van der Waals surface area contributed by atoms with Crippen LogP contribution in [0.25, 0.3) is 17.0 Å². The molecule has 0 aliphatic rings. The minimum Gasteiger partial charge on any atom is -0.463 e. The van der Waals surface area contributed by atoms with Gasteiger partial charge in [-0.3, -0.25) is 5.10 Å². The zero-order valence-corrected chi connectivity index (χ0v) is 8.93. The highest BCUT2D eigenvalue weighted by Gasteiger charge is 2.01. The molecule has 16 heavy (non-hydrogen) atoms. The average Bonchev–Trinajstić information content (AvgIpc) is 2.70. The lowest BCUT2D eigenvalue weighted by Gasteiger charge is -1.93. The van der Waals surface area contributed by atoms with Gasteiger partial charge in [0.15, 0.2) is 0 Å². The van der Waals surface area contributed by atoms with Gasteiger partial charge in [-0.1, -0.05) is 18.2 Å². The van der Waals surface area contributed by atoms with Crippen LogP contribution in [0.15, 0.2) is 30.3 Å². The number of benzene rings is 1. The molecule has 0 radical (unpaired) electrons. The van der Waals surface area contributed by atoms with Gasteiger partial charge < -0.3 is 4.74 Å². The molecule has 4 nitrogen and oxygen atoms in total. The van der Waals surface area contributed by atoms with Crippen molar-refractivity contribution in [1.82, 2.24) is 10.2 Å². The Bertz CT molecular complexity index is 529. The number of nitrogens with one attached hydrogen (secondary N) is 1. The molecule has 0 aliphatic carbocycles. The molecule has 0 saturated carbocycles. The fourth-order valence-electron chi connectivity index (χ4n) is 1.45. The van der Waals surface area contributed by atoms with Crippen molar-refractivity contribution in [2.75, 3.05) is 6.61 Å². The second-order valence-electron chi connectivity index (χ2n) is 3.24. The molecule has 0 atom stereocenters. The second-order valence-corrected chi connectivity index (χ2v) is 3.24. The molecule has 0 saturated heterocycles. The largest absolute Gasteiger partial charge is 0.463 e. The van der Waals surface area contributed by atoms with E-state index in [9.17, 15) is 4.79 Å². The zero-order valence-electron chi connectivity index (χ0n) is 8.93. The van der Waals surface area contributed by atoms with Crippen LogP contribution < -0.4 is 0 Å². The summed E-state index contributed by atoms with van der Waals surface area (Å²) >= 11 is 0. The molecule has 1 aromatic heterocycles. The molecule has 4 heteroatoms. The molecular weight excluding hydrogens is 204 g/mol. The molecular formula is C12H12N2O2. The lowest BCUT2D eigenvalue weighted by molar-refractivity contribution is -0.137. The van der Waals surface area contributed by atoms with Gasteiger partial charge in [0.25, 0.3) is 0 Å². The number of hydrogen-bond acceptors (Lipinski definition) is 3. The van der Waals surface area contributed by atoms with Gasteiger partial charge in [-0.25, -0.2) is 4.79 Å². The van der Waals surface area contributed by atoms with Crippen LogP contribution in [0.1, 0.15) is 12.6 Å². The standard InChI is InChI=1S/C12H12N2O2/c1-2-16-12(15)8-7-11-9-5-3-4-6-10(9)13-14-11/h3-8H,2H2,1H3,(H,13,14). The summed E-state index contributed by atoms with van der Waals surface area (Å²) < 4.78 is 4.79. The topological polar surface area (TPSA) is 55.0 Å². The van der Waals surface area contributed by atoms with Gasteiger partial charge >= 0.3 is 5.97 Å². The SMILES string of the molecule is CCOC(=O)C=Cc1n[nH]c2ccccc12. The van der Waals surface area contributed by atoms with Gasteiger partial charge in [0.1, 0.15) is 0 Å². The summed E-state index contributed by atoms with van der Waals surface area (Å²) in [6.07, 6.45) is 3.03. The van der Waals surface area contributed by atoms with E-state index in [1.807, 2.05) is 24.3 Å². The van der Waals surface area contributed by atoms with Crippen LogP contribution in [0.4, 0.5) is 0 Å². The molecule has 1 N–H and O–H groups in total. The number of rotatable bonds is 3. The third kappa shape index (κ3) is 2.11. The van der Waals surface area contributed by atoms with Gasteiger partial charge in [-0.2, -0.15) is 5.10 Å². The van der Waals surface area contributed by atoms with E-state index < -0.39 is 0 Å². The number of H-pyrrole nitrogens is 1. The van der Waals surface area contributed by atoms with Crippen LogP contribution >= 0.6 is 0 Å². The Morgan fingerprint density at radius 3 is 3.12 bits per heavy atom. The zero-order chi connectivity index (χ0) is 11.4. The lowest BCUT2D eigenvalue weighted by atomic mass is 10.2. The number of fused-ring (bicyclic) bond motifs is 1. The van der Waals surface area contributed by atoms with Crippen molar-refractivity contribution in [1.29, 1.82) is 0 Å². The van der Waals surface area contributed by atoms with Crippen molar-refractivity contribution in [3.63, 3.8) is 0 Å². The van der Waals surface area contributed by atoms with Crippen LogP contribution in [-0.4, -0.2) is 22.8 Å². The highest BCUT2D eigenvalue weighted by atomic mass is 16.5. The van der Waals surface area contributed by atoms with Crippen LogP contribution in [0.5, 0.6) is 0 Å². The monoisotopic (exact) mass is 216 g/mol. The van der Waals surface area contributed by atoms with Crippen molar-refractivity contribution >= 4 is 22.9 Å². The summed E-state index contributed by atoms with van der Waals surface area (Å²) in [5, 5.41) is 7.99. The number of ether oxygens (including phenoxy) is 1. The van der Waals surface area contributed by atoms with Crippen molar-refractivity contribution in [3.05, 3.63) is 36.0 Å². The molecule has 1 heterocycles. The van der Waals surface area contributed by atoms with Crippen molar-refractivity contribution < 1.29 is 9.53 Å². The summed E-state index contributed by atoms with van der Waals surface area (Å²) in [6.45, 7) is 2.15. The summed E-state index contributed by atoms with van der Waals surface area (Å²) in [5.41, 5.74) is 1.69. The van der Waals surface area contributed by atoms with Gasteiger partial charge in [0.2, 0.25) is 0 Å². The first-order valence-electron chi connectivity index (χ1n) is 5.09. The molecule has 2 aromatic rings. The Morgan fingerprint density at radius 1 is 1.50 bits per heavy atom. The summed E-state index contributed by atoms with van der Waals surface area (Å²) in [4.78, 5) is 11.1. The highest BCUT2D eigenvalue weighted by Crippen LogP contribution is 2.15. The first-order valence-corrected chi connectivity index (χ1v) is 5.09. The van der Waals surface area contributed by atoms with E-state index in [1.54, 1.807) is 13.0 Å². The molecule has 0 spiro atoms. The Kier molecular flexibility index (Phi) is 3.00. The Labute approximate surface area is 92.9 Å². The van der Waals surface area contributed by atoms with E-state index in [-0.39, 0.29) is 5.97 Å². The maximum atomic E-state index is 11.1. The van der Waals surface area contributed by atoms with Crippen molar-refractivity contribution in [2.45, 2.75) is 6.92 Å². The summed E-state index contributed by atoms with van der Waals surface area (Å²) in [7, 11) is 0. The number of esters is 1. The maximum absolute atomic E-state index is 11.1. The number of para-hydroxylation sites is 1. The van der Waals surface area contributed by atoms with Crippen molar-refractivity contribution in [3.8, 4) is 0 Å². The number of aromatic amines is 1. The highest BCUT2D eigenvalue weighted by molar-refractivity contribution is 5.92. The van der Waals surface area contributed by atoms with E-state index >= 15 is 0 Å². The Hall–Kier alpha value is -2.10. The number of hydrogen-bond donors (Lipinski definition) is 1. The van der Waals surface area contributed by atoms with E-state index in [4.69, 9.17) is 4.74 Å². The van der Waals surface area contributed by atoms with E-state index in [0.717, 1.165) is 16.6 Å². The fourth-order valence-corrected chi connectivity index (χ4v) is 1.45. The van der Waals surface area contributed by atoms with Gasteiger partial charge in [-0.15, -0.1) is 0 Å². The summed E-state index contributed by atoms with van der Waals surface area (Å²) in [6, 6.07) is 7.74. The minimum absolute atomic E-state index is 0.352. The minimum atomic E-state index is -0.352. The first kappa shape index (κ1) is 10.4. The van der Waals surface area contributed by atoms with Crippen LogP contribution in [0.2, 0.25) is 0 Å². The third-order valence-corrected chi connectivity index (χ3v) is 2.16. The normalized spacial score (nSPS) is 11.1. The molecule has 0 fully saturated rings. The molecule has 0 aliphatic heterocycles. The third-order valence-electron chi connectivity index (χ3n) is 2.16. The lowest BCUT2D eigenvalue weighted by Crippen LogP contribution is -1.98. The van der Waals surface area contributed by atoms with E-state index in [2.05, 4.69) is 10.2 Å². The molecule has 0 bridgehead atoms. The van der Waals surface area contributed by atoms with Gasteiger partial charge in [-0.05, 0) is 19.1 Å². The number of carbonyl (C=O) groups is 1. The molecule has 2 rings (SSSR count). The van der Waals surface area contributed by atoms with Crippen LogP contribution in [-0.2, 0) is 9.53 Å². The predicted octanol–water partition coefficient (Wildman–Crippen LogP) is 2.14. The number of aromatic nitrogens is 2. The quantitative estimate of drug-likeness (QED) is 0.631. The summed E-state index contributed by atoms with van der Waals surface area (Å²) in [5.74, 6) is -0.352. The second kappa shape index (κ2) is 4.61. The maximum Gasteiger partial charge on any atom is 0.330 e. The van der Waals surface area contributed by atoms with Gasteiger partial charge in [0, 0.05) is 11.5 Å². The Morgan fingerprint density at radius 2 is 2.31 bits per heavy atom. The smallest absolute Gasteiger partial charge is 0.330 e. The molecule has 0 unspecified atom stereocenters. The predicted molar refractivity (Wildman–Crippen MR) is 61.8 cm³/mol. The molecule has 82 valence electrons. The molecule has 1 aromatic carbocycles. The van der Waals surface area contributed by atoms with Crippen molar-refractivity contribution in [2.24, 2.45) is 0 Å². The van der Waals surface area contributed by atoms with Crippen LogP contribution in [0, 0.1) is 0 Å². The van der Waals surface area contributed by atoms with Crippen LogP contribution in [0.3, 0.4) is 0 Å². The number of nitrogens with zero attached hydrogens (tertiary/aromatic N) is 1. The fraction of sp³-hybridized carbons (Fsp3) is 0.167. The van der Waals surface area contributed by atoms with E-state index in [0.29, 0.717) is 6.61 Å². The number of carbonyl (C=O) groups excluding carboxylic acids is 1. The first-order chi connectivity index (χ1) is 7.81. The van der Waals surface area contributed by atoms with E-state index in [1.165, 1.54) is 6.08 Å². The van der Waals surface area contributed by atoms with Gasteiger partial charge in [0.05, 0.1) is 17.8 Å².